The van der Waals surface area contributed by atoms with Crippen molar-refractivity contribution in [3.8, 4) is 5.75 Å². The third-order valence-electron chi connectivity index (χ3n) is 1.21. The molecule has 0 aromatic heterocycles. The summed E-state index contributed by atoms with van der Waals surface area (Å²) in [6.45, 7) is 0. The molecule has 0 aliphatic carbocycles. The number of rotatable bonds is 2. The molecular formula is C6H6BrNaO4S. The molecule has 68 valence electrons. The Morgan fingerprint density at radius 1 is 1.31 bits per heavy atom. The average molecular weight is 277 g/mol. The van der Waals surface area contributed by atoms with E-state index in [0.717, 1.165) is 0 Å². The molecule has 0 radical (unpaired) electrons. The van der Waals surface area contributed by atoms with Crippen molar-refractivity contribution in [2.24, 2.45) is 0 Å². The fourth-order valence-corrected chi connectivity index (χ4v) is 1.65. The Balaban J connectivity index is 0. The molecule has 4 nitrogen and oxygen atoms in total. The summed E-state index contributed by atoms with van der Waals surface area (Å²) in [7, 11) is -3.71. The first-order valence-corrected chi connectivity index (χ1v) is 4.96. The number of halogens is 1. The van der Waals surface area contributed by atoms with E-state index in [0.29, 0.717) is 0 Å². The minimum atomic E-state index is -3.71. The topological polar surface area (TPSA) is 63.6 Å². The molecule has 0 saturated carbocycles. The van der Waals surface area contributed by atoms with Crippen LogP contribution in [0.3, 0.4) is 0 Å². The van der Waals surface area contributed by atoms with Crippen molar-refractivity contribution in [3.05, 3.63) is 24.3 Å². The fraction of sp³-hybridized carbons (Fsp3) is 0. The van der Waals surface area contributed by atoms with Crippen LogP contribution in [-0.2, 0) is 13.4 Å². The first kappa shape index (κ1) is 13.4. The normalized spacial score (nSPS) is 10.5. The summed E-state index contributed by atoms with van der Waals surface area (Å²) in [6.07, 6.45) is 0. The standard InChI is InChI=1S/C6H5BrO4S.Na.H/c7-11-12(9,10)6-3-1-5(8)2-4-6;;/h1-4,8H;;/q;+1;-1. The minimum Gasteiger partial charge on any atom is -1.00 e. The number of phenolic OH excluding ortho intramolecular Hbond substituents is 1. The van der Waals surface area contributed by atoms with Gasteiger partial charge in [0.25, 0.3) is 0 Å². The van der Waals surface area contributed by atoms with E-state index in [1.54, 1.807) is 0 Å². The van der Waals surface area contributed by atoms with Crippen LogP contribution in [0.1, 0.15) is 1.43 Å². The van der Waals surface area contributed by atoms with Crippen molar-refractivity contribution in [1.82, 2.24) is 0 Å². The van der Waals surface area contributed by atoms with Crippen LogP contribution >= 0.6 is 16.3 Å². The third kappa shape index (κ3) is 3.57. The van der Waals surface area contributed by atoms with Gasteiger partial charge >= 0.3 is 39.7 Å². The molecule has 1 aromatic rings. The van der Waals surface area contributed by atoms with E-state index in [-0.39, 0.29) is 41.6 Å². The van der Waals surface area contributed by atoms with Gasteiger partial charge in [-0.2, -0.15) is 11.7 Å². The van der Waals surface area contributed by atoms with Gasteiger partial charge in [-0.3, -0.25) is 0 Å². The summed E-state index contributed by atoms with van der Waals surface area (Å²) in [6, 6.07) is 5.01. The SMILES string of the molecule is O=S(=O)(OBr)c1ccc(O)cc1.[H-].[Na+]. The van der Waals surface area contributed by atoms with Gasteiger partial charge in [-0.15, -0.1) is 0 Å². The Hall–Kier alpha value is 0.410. The molecule has 0 spiro atoms. The molecule has 0 amide bonds. The second-order valence-electron chi connectivity index (χ2n) is 2.01. The van der Waals surface area contributed by atoms with Gasteiger partial charge in [-0.05, 0) is 24.3 Å². The molecule has 0 saturated heterocycles. The molecule has 13 heavy (non-hydrogen) atoms. The molecule has 1 rings (SSSR count). The number of aromatic hydroxyl groups is 1. The molecule has 0 aliphatic heterocycles. The van der Waals surface area contributed by atoms with Crippen molar-refractivity contribution in [2.45, 2.75) is 4.90 Å². The quantitative estimate of drug-likeness (QED) is 0.670. The molecule has 0 unspecified atom stereocenters. The summed E-state index contributed by atoms with van der Waals surface area (Å²) in [4.78, 5) is -0.0165. The second kappa shape index (κ2) is 5.33. The van der Waals surface area contributed by atoms with Crippen LogP contribution in [0.4, 0.5) is 0 Å². The smallest absolute Gasteiger partial charge is 1.00 e. The Bertz CT molecular complexity index is 366. The zero-order valence-corrected chi connectivity index (χ0v) is 11.2. The minimum absolute atomic E-state index is 0. The van der Waals surface area contributed by atoms with Crippen molar-refractivity contribution < 1.29 is 47.8 Å². The molecule has 0 bridgehead atoms. The Kier molecular flexibility index (Phi) is 5.50. The maximum atomic E-state index is 11.0. The van der Waals surface area contributed by atoms with Crippen LogP contribution in [0.25, 0.3) is 0 Å². The van der Waals surface area contributed by atoms with Crippen molar-refractivity contribution in [2.75, 3.05) is 0 Å². The first-order valence-electron chi connectivity index (χ1n) is 2.90. The van der Waals surface area contributed by atoms with Crippen LogP contribution in [0.5, 0.6) is 5.75 Å². The van der Waals surface area contributed by atoms with Crippen molar-refractivity contribution >= 4 is 26.4 Å². The van der Waals surface area contributed by atoms with E-state index >= 15 is 0 Å². The second-order valence-corrected chi connectivity index (χ2v) is 4.31. The van der Waals surface area contributed by atoms with Crippen LogP contribution in [0, 0.1) is 0 Å². The van der Waals surface area contributed by atoms with E-state index < -0.39 is 10.1 Å². The first-order chi connectivity index (χ1) is 5.56. The van der Waals surface area contributed by atoms with Gasteiger partial charge in [-0.25, -0.2) is 0 Å². The summed E-state index contributed by atoms with van der Waals surface area (Å²) >= 11 is 2.38. The van der Waals surface area contributed by atoms with Gasteiger partial charge in [0.2, 0.25) is 0 Å². The van der Waals surface area contributed by atoms with E-state index in [1.807, 2.05) is 0 Å². The largest absolute Gasteiger partial charge is 1.00 e. The maximum Gasteiger partial charge on any atom is 1.00 e. The van der Waals surface area contributed by atoms with Crippen molar-refractivity contribution in [3.63, 3.8) is 0 Å². The van der Waals surface area contributed by atoms with Gasteiger partial charge in [0, 0.05) is 0 Å². The molecule has 1 aromatic carbocycles. The van der Waals surface area contributed by atoms with Crippen LogP contribution in [-0.4, -0.2) is 13.5 Å². The van der Waals surface area contributed by atoms with Crippen LogP contribution < -0.4 is 29.6 Å². The monoisotopic (exact) mass is 276 g/mol. The molecule has 0 atom stereocenters. The Morgan fingerprint density at radius 3 is 2.15 bits per heavy atom. The zero-order chi connectivity index (χ0) is 9.19. The summed E-state index contributed by atoms with van der Waals surface area (Å²) < 4.78 is 26.0. The summed E-state index contributed by atoms with van der Waals surface area (Å²) in [5, 5.41) is 8.85. The zero-order valence-electron chi connectivity index (χ0n) is 7.77. The van der Waals surface area contributed by atoms with Gasteiger partial charge in [0.1, 0.15) is 22.0 Å². The Morgan fingerprint density at radius 2 is 1.77 bits per heavy atom. The predicted octanol–water partition coefficient (Wildman–Crippen LogP) is -1.48. The van der Waals surface area contributed by atoms with E-state index in [9.17, 15) is 8.42 Å². The van der Waals surface area contributed by atoms with Gasteiger partial charge in [0.05, 0.1) is 4.90 Å². The van der Waals surface area contributed by atoms with E-state index in [2.05, 4.69) is 19.5 Å². The van der Waals surface area contributed by atoms with Gasteiger partial charge in [-0.1, -0.05) is 0 Å². The maximum absolute atomic E-state index is 11.0. The molecule has 7 heteroatoms. The predicted molar refractivity (Wildman–Crippen MR) is 46.4 cm³/mol. The number of benzene rings is 1. The van der Waals surface area contributed by atoms with Crippen LogP contribution in [0.2, 0.25) is 0 Å². The van der Waals surface area contributed by atoms with E-state index in [4.69, 9.17) is 5.11 Å². The molecule has 1 N–H and O–H groups in total. The Labute approximate surface area is 108 Å². The summed E-state index contributed by atoms with van der Waals surface area (Å²) in [5.74, 6) is 0.00326. The molecular weight excluding hydrogens is 271 g/mol. The van der Waals surface area contributed by atoms with E-state index in [1.165, 1.54) is 24.3 Å². The van der Waals surface area contributed by atoms with Gasteiger partial charge in [0.15, 0.2) is 0 Å². The molecule has 0 aliphatic rings. The third-order valence-corrected chi connectivity index (χ3v) is 3.27. The van der Waals surface area contributed by atoms with Gasteiger partial charge < -0.3 is 6.53 Å². The summed E-state index contributed by atoms with van der Waals surface area (Å²) in [5.41, 5.74) is 0. The van der Waals surface area contributed by atoms with Crippen LogP contribution in [0.15, 0.2) is 29.2 Å². The average Bonchev–Trinajstić information content (AvgIpc) is 2.05. The van der Waals surface area contributed by atoms with Crippen molar-refractivity contribution in [1.29, 1.82) is 0 Å². The number of phenols is 1. The number of hydrogen-bond donors (Lipinski definition) is 1. The molecule has 0 fully saturated rings. The molecule has 0 heterocycles. The number of hydrogen-bond acceptors (Lipinski definition) is 4. The fourth-order valence-electron chi connectivity index (χ4n) is 0.649.